The quantitative estimate of drug-likeness (QED) is 0.751. The molecule has 0 unspecified atom stereocenters. The first-order chi connectivity index (χ1) is 10.0. The van der Waals surface area contributed by atoms with Crippen LogP contribution in [-0.4, -0.2) is 14.5 Å². The molecule has 2 heterocycles. The molecule has 0 saturated carbocycles. The highest BCUT2D eigenvalue weighted by atomic mass is 32.2. The number of hydrogen-bond acceptors (Lipinski definition) is 6. The van der Waals surface area contributed by atoms with Gasteiger partial charge >= 0.3 is 0 Å². The smallest absolute Gasteiger partial charge is 0.283 e. The van der Waals surface area contributed by atoms with Gasteiger partial charge in [0.05, 0.1) is 10.2 Å². The van der Waals surface area contributed by atoms with Crippen molar-refractivity contribution in [3.63, 3.8) is 0 Å². The SMILES string of the molecule is CC(C)n1ccnc(Sc2nc3ccc(N)cc3s2)c1=O. The summed E-state index contributed by atoms with van der Waals surface area (Å²) in [5.41, 5.74) is 7.28. The van der Waals surface area contributed by atoms with Gasteiger partial charge < -0.3 is 10.3 Å². The maximum Gasteiger partial charge on any atom is 0.283 e. The molecule has 2 N–H and O–H groups in total. The van der Waals surface area contributed by atoms with Gasteiger partial charge in [-0.05, 0) is 43.8 Å². The summed E-state index contributed by atoms with van der Waals surface area (Å²) in [6.45, 7) is 3.94. The maximum absolute atomic E-state index is 12.3. The van der Waals surface area contributed by atoms with Gasteiger partial charge in [0.1, 0.15) is 0 Å². The molecule has 0 fully saturated rings. The summed E-state index contributed by atoms with van der Waals surface area (Å²) in [5, 5.41) is 0.443. The van der Waals surface area contributed by atoms with Crippen LogP contribution < -0.4 is 11.3 Å². The monoisotopic (exact) mass is 318 g/mol. The molecule has 2 aromatic heterocycles. The summed E-state index contributed by atoms with van der Waals surface area (Å²) in [7, 11) is 0. The molecule has 0 aliphatic heterocycles. The number of aromatic nitrogens is 3. The van der Waals surface area contributed by atoms with Crippen LogP contribution in [0.3, 0.4) is 0 Å². The molecule has 0 aliphatic rings. The van der Waals surface area contributed by atoms with Crippen LogP contribution >= 0.6 is 23.1 Å². The molecule has 0 amide bonds. The summed E-state index contributed by atoms with van der Waals surface area (Å²) >= 11 is 2.81. The summed E-state index contributed by atoms with van der Waals surface area (Å²) in [6.07, 6.45) is 3.35. The van der Waals surface area contributed by atoms with E-state index in [1.165, 1.54) is 23.1 Å². The predicted molar refractivity (Wildman–Crippen MR) is 87.0 cm³/mol. The Morgan fingerprint density at radius 2 is 2.19 bits per heavy atom. The van der Waals surface area contributed by atoms with Gasteiger partial charge in [0.25, 0.3) is 5.56 Å². The lowest BCUT2D eigenvalue weighted by Crippen LogP contribution is -2.23. The zero-order valence-electron chi connectivity index (χ0n) is 11.6. The molecule has 0 saturated heterocycles. The third kappa shape index (κ3) is 2.79. The van der Waals surface area contributed by atoms with Gasteiger partial charge in [0.15, 0.2) is 9.37 Å². The lowest BCUT2D eigenvalue weighted by molar-refractivity contribution is 0.561. The molecular weight excluding hydrogens is 304 g/mol. The number of thiazole rings is 1. The van der Waals surface area contributed by atoms with E-state index < -0.39 is 0 Å². The average molecular weight is 318 g/mol. The van der Waals surface area contributed by atoms with E-state index in [2.05, 4.69) is 9.97 Å². The molecule has 0 radical (unpaired) electrons. The number of rotatable bonds is 3. The lowest BCUT2D eigenvalue weighted by atomic mass is 10.3. The Kier molecular flexibility index (Phi) is 3.69. The minimum Gasteiger partial charge on any atom is -0.399 e. The Balaban J connectivity index is 1.99. The van der Waals surface area contributed by atoms with Crippen molar-refractivity contribution in [1.29, 1.82) is 0 Å². The third-order valence-electron chi connectivity index (χ3n) is 2.97. The summed E-state index contributed by atoms with van der Waals surface area (Å²) in [4.78, 5) is 21.0. The van der Waals surface area contributed by atoms with E-state index in [9.17, 15) is 4.79 Å². The number of nitrogens with two attached hydrogens (primary N) is 1. The van der Waals surface area contributed by atoms with E-state index >= 15 is 0 Å². The fourth-order valence-electron chi connectivity index (χ4n) is 1.93. The zero-order valence-corrected chi connectivity index (χ0v) is 13.2. The van der Waals surface area contributed by atoms with Crippen molar-refractivity contribution < 1.29 is 0 Å². The lowest BCUT2D eigenvalue weighted by Gasteiger charge is -2.09. The van der Waals surface area contributed by atoms with Crippen molar-refractivity contribution in [1.82, 2.24) is 14.5 Å². The Morgan fingerprint density at radius 1 is 1.38 bits per heavy atom. The van der Waals surface area contributed by atoms with Gasteiger partial charge in [-0.3, -0.25) is 4.79 Å². The molecule has 7 heteroatoms. The first kappa shape index (κ1) is 14.1. The molecule has 21 heavy (non-hydrogen) atoms. The second-order valence-corrected chi connectivity index (χ2v) is 7.11. The first-order valence-electron chi connectivity index (χ1n) is 6.45. The molecule has 3 rings (SSSR count). The van der Waals surface area contributed by atoms with Crippen LogP contribution in [0.2, 0.25) is 0 Å². The first-order valence-corrected chi connectivity index (χ1v) is 8.09. The van der Waals surface area contributed by atoms with E-state index in [0.29, 0.717) is 10.7 Å². The van der Waals surface area contributed by atoms with Crippen molar-refractivity contribution in [2.45, 2.75) is 29.3 Å². The third-order valence-corrected chi connectivity index (χ3v) is 5.02. The van der Waals surface area contributed by atoms with Crippen LogP contribution in [0, 0.1) is 0 Å². The van der Waals surface area contributed by atoms with Crippen molar-refractivity contribution in [2.75, 3.05) is 5.73 Å². The highest BCUT2D eigenvalue weighted by Gasteiger charge is 2.12. The summed E-state index contributed by atoms with van der Waals surface area (Å²) in [5.74, 6) is 0. The number of hydrogen-bond donors (Lipinski definition) is 1. The van der Waals surface area contributed by atoms with E-state index in [-0.39, 0.29) is 11.6 Å². The predicted octanol–water partition coefficient (Wildman–Crippen LogP) is 3.17. The number of fused-ring (bicyclic) bond motifs is 1. The van der Waals surface area contributed by atoms with Crippen LogP contribution in [-0.2, 0) is 0 Å². The number of nitrogens with zero attached hydrogens (tertiary/aromatic N) is 3. The second-order valence-electron chi connectivity index (χ2n) is 4.85. The van der Waals surface area contributed by atoms with Crippen molar-refractivity contribution in [3.05, 3.63) is 40.9 Å². The van der Waals surface area contributed by atoms with Gasteiger partial charge in [-0.15, -0.1) is 11.3 Å². The molecule has 0 spiro atoms. The topological polar surface area (TPSA) is 73.8 Å². The Morgan fingerprint density at radius 3 is 2.95 bits per heavy atom. The Labute approximate surface area is 129 Å². The van der Waals surface area contributed by atoms with Gasteiger partial charge in [0.2, 0.25) is 0 Å². The Bertz CT molecular complexity index is 854. The molecule has 1 aromatic carbocycles. The number of benzene rings is 1. The molecule has 0 aliphatic carbocycles. The van der Waals surface area contributed by atoms with E-state index in [1.54, 1.807) is 17.0 Å². The molecule has 0 bridgehead atoms. The van der Waals surface area contributed by atoms with E-state index in [0.717, 1.165) is 14.6 Å². The van der Waals surface area contributed by atoms with Crippen LogP contribution in [0.25, 0.3) is 10.2 Å². The van der Waals surface area contributed by atoms with Gasteiger partial charge in [-0.25, -0.2) is 9.97 Å². The largest absolute Gasteiger partial charge is 0.399 e. The van der Waals surface area contributed by atoms with Crippen molar-refractivity contribution in [2.24, 2.45) is 0 Å². The Hall–Kier alpha value is -1.86. The highest BCUT2D eigenvalue weighted by molar-refractivity contribution is 8.01. The van der Waals surface area contributed by atoms with E-state index in [4.69, 9.17) is 5.73 Å². The minimum absolute atomic E-state index is 0.0868. The number of anilines is 1. The van der Waals surface area contributed by atoms with E-state index in [1.807, 2.05) is 32.0 Å². The number of nitrogen functional groups attached to an aromatic ring is 1. The minimum atomic E-state index is -0.0868. The molecular formula is C14H14N4OS2. The highest BCUT2D eigenvalue weighted by Crippen LogP contribution is 2.33. The molecule has 5 nitrogen and oxygen atoms in total. The second kappa shape index (κ2) is 5.50. The molecule has 0 atom stereocenters. The van der Waals surface area contributed by atoms with Gasteiger partial charge in [-0.2, -0.15) is 0 Å². The van der Waals surface area contributed by atoms with Crippen LogP contribution in [0.4, 0.5) is 5.69 Å². The molecule has 108 valence electrons. The van der Waals surface area contributed by atoms with Crippen LogP contribution in [0.15, 0.2) is 44.8 Å². The molecule has 3 aromatic rings. The fourth-order valence-corrected chi connectivity index (χ4v) is 3.96. The summed E-state index contributed by atoms with van der Waals surface area (Å²) in [6, 6.07) is 5.70. The van der Waals surface area contributed by atoms with Crippen molar-refractivity contribution in [3.8, 4) is 0 Å². The fraction of sp³-hybridized carbons (Fsp3) is 0.214. The van der Waals surface area contributed by atoms with Crippen LogP contribution in [0.1, 0.15) is 19.9 Å². The zero-order chi connectivity index (χ0) is 15.0. The van der Waals surface area contributed by atoms with Crippen molar-refractivity contribution >= 4 is 39.0 Å². The van der Waals surface area contributed by atoms with Crippen LogP contribution in [0.5, 0.6) is 0 Å². The van der Waals surface area contributed by atoms with Gasteiger partial charge in [-0.1, -0.05) is 0 Å². The standard InChI is InChI=1S/C14H14N4OS2/c1-8(2)18-6-5-16-12(13(18)19)21-14-17-10-4-3-9(15)7-11(10)20-14/h3-8H,15H2,1-2H3. The maximum atomic E-state index is 12.3. The normalized spacial score (nSPS) is 11.4. The summed E-state index contributed by atoms with van der Waals surface area (Å²) < 4.78 is 3.47. The average Bonchev–Trinajstić information content (AvgIpc) is 2.82. The van der Waals surface area contributed by atoms with Gasteiger partial charge in [0, 0.05) is 24.1 Å².